The fourth-order valence-corrected chi connectivity index (χ4v) is 3.22. The maximum absolute atomic E-state index is 11.5. The molecule has 8 heteroatoms. The summed E-state index contributed by atoms with van der Waals surface area (Å²) in [5.41, 5.74) is 2.09. The van der Waals surface area contributed by atoms with Crippen LogP contribution in [0.1, 0.15) is 36.1 Å². The van der Waals surface area contributed by atoms with Gasteiger partial charge in [0.15, 0.2) is 0 Å². The molecular weight excluding hydrogens is 412 g/mol. The minimum atomic E-state index is -0.408. The number of phenols is 2. The highest BCUT2D eigenvalue weighted by molar-refractivity contribution is 5.74. The number of methoxy groups -OCH3 is 2. The first-order valence-corrected chi connectivity index (χ1v) is 10.4. The van der Waals surface area contributed by atoms with Crippen LogP contribution in [-0.4, -0.2) is 48.5 Å². The van der Waals surface area contributed by atoms with Crippen molar-refractivity contribution in [3.05, 3.63) is 58.7 Å². The van der Waals surface area contributed by atoms with Crippen LogP contribution >= 0.6 is 0 Å². The van der Waals surface area contributed by atoms with Crippen LogP contribution in [0.15, 0.2) is 36.4 Å². The molecule has 0 heterocycles. The van der Waals surface area contributed by atoms with Crippen LogP contribution in [-0.2, 0) is 45.0 Å². The van der Waals surface area contributed by atoms with Crippen LogP contribution in [0.25, 0.3) is 0 Å². The Labute approximate surface area is 188 Å². The largest absolute Gasteiger partial charge is 0.507 e. The number of para-hydroxylation sites is 2. The fourth-order valence-electron chi connectivity index (χ4n) is 3.22. The molecule has 0 radical (unpaired) electrons. The summed E-state index contributed by atoms with van der Waals surface area (Å²) in [6, 6.07) is 10.6. The molecule has 0 spiro atoms. The first-order valence-electron chi connectivity index (χ1n) is 10.4. The first kappa shape index (κ1) is 25.2. The molecule has 4 N–H and O–H groups in total. The van der Waals surface area contributed by atoms with Gasteiger partial charge in [0.2, 0.25) is 0 Å². The van der Waals surface area contributed by atoms with Crippen LogP contribution in [0.5, 0.6) is 11.5 Å². The van der Waals surface area contributed by atoms with E-state index in [1.54, 1.807) is 36.4 Å². The number of ether oxygens (including phenoxy) is 2. The lowest BCUT2D eigenvalue weighted by Crippen LogP contribution is -2.47. The van der Waals surface area contributed by atoms with Crippen LogP contribution < -0.4 is 10.6 Å². The van der Waals surface area contributed by atoms with Crippen molar-refractivity contribution in [2.24, 2.45) is 0 Å². The van der Waals surface area contributed by atoms with Gasteiger partial charge in [-0.3, -0.25) is 9.59 Å². The van der Waals surface area contributed by atoms with E-state index in [0.717, 1.165) is 0 Å². The monoisotopic (exact) mass is 444 g/mol. The van der Waals surface area contributed by atoms with Gasteiger partial charge >= 0.3 is 11.9 Å². The summed E-state index contributed by atoms with van der Waals surface area (Å²) in [7, 11) is 2.63. The number of carbonyl (C=O) groups is 2. The van der Waals surface area contributed by atoms with Crippen LogP contribution in [0, 0.1) is 0 Å². The second-order valence-electron chi connectivity index (χ2n) is 8.20. The maximum atomic E-state index is 11.5. The van der Waals surface area contributed by atoms with E-state index in [9.17, 15) is 19.8 Å². The molecule has 0 aromatic heterocycles. The number of hydrogen-bond acceptors (Lipinski definition) is 8. The van der Waals surface area contributed by atoms with Crippen molar-refractivity contribution in [2.75, 3.05) is 20.8 Å². The molecule has 2 aromatic carbocycles. The number of carbonyl (C=O) groups excluding carboxylic acids is 2. The third kappa shape index (κ3) is 7.25. The highest BCUT2D eigenvalue weighted by Crippen LogP contribution is 2.25. The minimum absolute atomic E-state index is 0.0135. The second-order valence-corrected chi connectivity index (χ2v) is 8.20. The summed E-state index contributed by atoms with van der Waals surface area (Å²) < 4.78 is 9.33. The molecule has 0 aliphatic rings. The van der Waals surface area contributed by atoms with E-state index in [4.69, 9.17) is 0 Å². The highest BCUT2D eigenvalue weighted by atomic mass is 16.5. The topological polar surface area (TPSA) is 117 Å². The smallest absolute Gasteiger partial charge is 0.310 e. The number of aromatic hydroxyl groups is 2. The van der Waals surface area contributed by atoms with Gasteiger partial charge in [-0.25, -0.2) is 0 Å². The lowest BCUT2D eigenvalue weighted by atomic mass is 10.0. The summed E-state index contributed by atoms with van der Waals surface area (Å²) >= 11 is 0. The third-order valence-corrected chi connectivity index (χ3v) is 5.17. The molecule has 8 nitrogen and oxygen atoms in total. The normalized spacial score (nSPS) is 11.2. The molecule has 0 bridgehead atoms. The van der Waals surface area contributed by atoms with E-state index < -0.39 is 11.9 Å². The molecule has 0 saturated heterocycles. The van der Waals surface area contributed by atoms with E-state index in [-0.39, 0.29) is 29.9 Å². The quantitative estimate of drug-likeness (QED) is 0.390. The van der Waals surface area contributed by atoms with E-state index in [2.05, 4.69) is 20.1 Å². The Balaban J connectivity index is 1.92. The molecule has 0 aliphatic heterocycles. The van der Waals surface area contributed by atoms with Gasteiger partial charge in [0.05, 0.1) is 27.1 Å². The zero-order valence-corrected chi connectivity index (χ0v) is 19.0. The van der Waals surface area contributed by atoms with Crippen molar-refractivity contribution in [2.45, 2.75) is 45.3 Å². The molecule has 0 amide bonds. The SMILES string of the molecule is COC(=O)Cc1cccc(CNCC(C)(C)NCc2cccc(CC(=O)OC)c2O)c1O. The molecule has 2 rings (SSSR count). The van der Waals surface area contributed by atoms with E-state index in [1.807, 2.05) is 13.8 Å². The van der Waals surface area contributed by atoms with Crippen LogP contribution in [0.3, 0.4) is 0 Å². The third-order valence-electron chi connectivity index (χ3n) is 5.17. The summed E-state index contributed by atoms with van der Waals surface area (Å²) in [5, 5.41) is 27.6. The van der Waals surface area contributed by atoms with Gasteiger partial charge in [-0.2, -0.15) is 0 Å². The lowest BCUT2D eigenvalue weighted by Gasteiger charge is -2.27. The Morgan fingerprint density at radius 3 is 1.72 bits per heavy atom. The van der Waals surface area contributed by atoms with Crippen molar-refractivity contribution in [3.63, 3.8) is 0 Å². The molecule has 0 fully saturated rings. The van der Waals surface area contributed by atoms with Gasteiger partial charge in [0.1, 0.15) is 11.5 Å². The standard InChI is InChI=1S/C24H32N2O6/c1-24(2,26-14-19-10-6-8-17(23(19)30)12-21(28)32-4)15-25-13-18-9-5-7-16(22(18)29)11-20(27)31-3/h5-10,25-26,29-30H,11-15H2,1-4H3. The van der Waals surface area contributed by atoms with Gasteiger partial charge < -0.3 is 30.3 Å². The average molecular weight is 445 g/mol. The van der Waals surface area contributed by atoms with Gasteiger partial charge in [0.25, 0.3) is 0 Å². The molecule has 0 aliphatic carbocycles. The van der Waals surface area contributed by atoms with Crippen LogP contribution in [0.4, 0.5) is 0 Å². The Hall–Kier alpha value is -3.10. The minimum Gasteiger partial charge on any atom is -0.507 e. The predicted molar refractivity (Wildman–Crippen MR) is 120 cm³/mol. The lowest BCUT2D eigenvalue weighted by molar-refractivity contribution is -0.140. The fraction of sp³-hybridized carbons (Fsp3) is 0.417. The van der Waals surface area contributed by atoms with E-state index in [1.165, 1.54) is 14.2 Å². The summed E-state index contributed by atoms with van der Waals surface area (Å²) in [6.07, 6.45) is 0.0292. The van der Waals surface area contributed by atoms with E-state index in [0.29, 0.717) is 41.9 Å². The highest BCUT2D eigenvalue weighted by Gasteiger charge is 2.19. The number of hydrogen-bond donors (Lipinski definition) is 4. The van der Waals surface area contributed by atoms with Crippen molar-refractivity contribution < 1.29 is 29.3 Å². The zero-order chi connectivity index (χ0) is 23.7. The summed E-state index contributed by atoms with van der Waals surface area (Å²) in [4.78, 5) is 23.0. The number of phenolic OH excluding ortho intramolecular Hbond substituents is 2. The number of nitrogens with one attached hydrogen (secondary N) is 2. The van der Waals surface area contributed by atoms with Gasteiger partial charge in [-0.05, 0) is 13.8 Å². The molecule has 0 saturated carbocycles. The Morgan fingerprint density at radius 1 is 0.812 bits per heavy atom. The Morgan fingerprint density at radius 2 is 1.25 bits per heavy atom. The first-order chi connectivity index (χ1) is 15.2. The van der Waals surface area contributed by atoms with Crippen molar-refractivity contribution in [1.29, 1.82) is 0 Å². The zero-order valence-electron chi connectivity index (χ0n) is 19.0. The molecule has 32 heavy (non-hydrogen) atoms. The predicted octanol–water partition coefficient (Wildman–Crippen LogP) is 2.19. The summed E-state index contributed by atoms with van der Waals surface area (Å²) in [5.74, 6) is -0.645. The molecule has 174 valence electrons. The average Bonchev–Trinajstić information content (AvgIpc) is 2.76. The van der Waals surface area contributed by atoms with Crippen LogP contribution in [0.2, 0.25) is 0 Å². The Kier molecular flexibility index (Phi) is 9.04. The van der Waals surface area contributed by atoms with Crippen molar-refractivity contribution >= 4 is 11.9 Å². The number of benzene rings is 2. The van der Waals surface area contributed by atoms with Gasteiger partial charge in [-0.1, -0.05) is 36.4 Å². The van der Waals surface area contributed by atoms with Gasteiger partial charge in [0, 0.05) is 47.4 Å². The molecule has 0 unspecified atom stereocenters. The number of rotatable bonds is 11. The second kappa shape index (κ2) is 11.5. The van der Waals surface area contributed by atoms with Gasteiger partial charge in [-0.15, -0.1) is 0 Å². The van der Waals surface area contributed by atoms with E-state index >= 15 is 0 Å². The van der Waals surface area contributed by atoms with Crippen molar-refractivity contribution in [3.8, 4) is 11.5 Å². The number of esters is 2. The molecule has 2 aromatic rings. The molecule has 0 atom stereocenters. The maximum Gasteiger partial charge on any atom is 0.310 e. The van der Waals surface area contributed by atoms with Crippen molar-refractivity contribution in [1.82, 2.24) is 10.6 Å². The molecular formula is C24H32N2O6. The Bertz CT molecular complexity index is 942. The summed E-state index contributed by atoms with van der Waals surface area (Å²) in [6.45, 7) is 5.45.